The van der Waals surface area contributed by atoms with Crippen molar-refractivity contribution in [1.82, 2.24) is 15.3 Å². The molecule has 0 saturated carbocycles. The number of carbonyl (C=O) groups is 2. The molecule has 32 heavy (non-hydrogen) atoms. The normalized spacial score (nSPS) is 16.6. The van der Waals surface area contributed by atoms with Gasteiger partial charge in [-0.1, -0.05) is 19.1 Å². The molecule has 1 atom stereocenters. The number of hydrogen-bond acceptors (Lipinski definition) is 6. The molecule has 0 bridgehead atoms. The van der Waals surface area contributed by atoms with Gasteiger partial charge in [0.1, 0.15) is 11.3 Å². The molecular weight excluding hydrogens is 406 g/mol. The molecule has 1 aromatic carbocycles. The van der Waals surface area contributed by atoms with Crippen LogP contribution in [0.15, 0.2) is 66.8 Å². The number of carboxylic acids is 1. The zero-order valence-corrected chi connectivity index (χ0v) is 18.3. The van der Waals surface area contributed by atoms with Gasteiger partial charge >= 0.3 is 5.97 Å². The minimum absolute atomic E-state index is 0.00543. The molecule has 0 amide bonds. The number of pyridine rings is 2. The minimum Gasteiger partial charge on any atom is -0.479 e. The fraction of sp³-hybridized carbons (Fsp3) is 0.280. The number of carbonyl (C=O) groups excluding carboxylic acids is 1. The Balaban J connectivity index is 1.54. The molecule has 0 fully saturated rings. The van der Waals surface area contributed by atoms with Crippen molar-refractivity contribution in [2.75, 3.05) is 0 Å². The lowest BCUT2D eigenvalue weighted by Gasteiger charge is -2.41. The van der Waals surface area contributed by atoms with Crippen LogP contribution in [0.25, 0.3) is 10.8 Å². The summed E-state index contributed by atoms with van der Waals surface area (Å²) in [6, 6.07) is 11.1. The maximum Gasteiger partial charge on any atom is 0.329 e. The second kappa shape index (κ2) is 8.07. The fourth-order valence-corrected chi connectivity index (χ4v) is 3.74. The Morgan fingerprint density at radius 1 is 1.16 bits per heavy atom. The third kappa shape index (κ3) is 3.82. The summed E-state index contributed by atoms with van der Waals surface area (Å²) < 4.78 is 5.95. The highest BCUT2D eigenvalue weighted by Crippen LogP contribution is 2.37. The minimum atomic E-state index is -1.21. The standard InChI is InChI=1S/C25H25N3O4/c1-4-25(23(30)31,28-20-13-21(29)24(20,2)3)14-16-5-7-18(8-6-16)32-22-19-15-26-11-9-17(19)10-12-27-22/h5-13,15,28H,4,14H2,1-3H3,(H,30,31)/t25-/m0/s1. The number of nitrogens with zero attached hydrogens (tertiary/aromatic N) is 2. The van der Waals surface area contributed by atoms with Crippen LogP contribution in [0.2, 0.25) is 0 Å². The van der Waals surface area contributed by atoms with Crippen LogP contribution < -0.4 is 10.1 Å². The second-order valence-electron chi connectivity index (χ2n) is 8.55. The highest BCUT2D eigenvalue weighted by atomic mass is 16.5. The highest BCUT2D eigenvalue weighted by Gasteiger charge is 2.46. The Morgan fingerprint density at radius 3 is 2.50 bits per heavy atom. The van der Waals surface area contributed by atoms with Crippen LogP contribution in [0.1, 0.15) is 32.8 Å². The third-order valence-corrected chi connectivity index (χ3v) is 6.13. The number of rotatable bonds is 8. The van der Waals surface area contributed by atoms with Gasteiger partial charge in [-0.05, 0) is 55.5 Å². The Kier molecular flexibility index (Phi) is 5.42. The first-order chi connectivity index (χ1) is 15.2. The maximum absolute atomic E-state index is 12.2. The van der Waals surface area contributed by atoms with Crippen molar-refractivity contribution in [1.29, 1.82) is 0 Å². The summed E-state index contributed by atoms with van der Waals surface area (Å²) >= 11 is 0. The Bertz CT molecular complexity index is 1210. The molecule has 0 spiro atoms. The topological polar surface area (TPSA) is 101 Å². The van der Waals surface area contributed by atoms with Crippen LogP contribution >= 0.6 is 0 Å². The predicted octanol–water partition coefficient (Wildman–Crippen LogP) is 4.28. The van der Waals surface area contributed by atoms with Crippen molar-refractivity contribution in [3.63, 3.8) is 0 Å². The van der Waals surface area contributed by atoms with Gasteiger partial charge in [-0.3, -0.25) is 9.78 Å². The highest BCUT2D eigenvalue weighted by molar-refractivity contribution is 6.04. The van der Waals surface area contributed by atoms with Gasteiger partial charge in [0.15, 0.2) is 5.78 Å². The number of ether oxygens (including phenoxy) is 1. The Hall–Kier alpha value is -3.74. The van der Waals surface area contributed by atoms with E-state index in [0.717, 1.165) is 16.3 Å². The molecular formula is C25H25N3O4. The zero-order valence-electron chi connectivity index (χ0n) is 18.3. The lowest BCUT2D eigenvalue weighted by molar-refractivity contribution is -0.145. The van der Waals surface area contributed by atoms with Gasteiger partial charge < -0.3 is 15.2 Å². The lowest BCUT2D eigenvalue weighted by Crippen LogP contribution is -2.57. The molecule has 0 unspecified atom stereocenters. The molecule has 0 saturated heterocycles. The number of allylic oxidation sites excluding steroid dienone is 2. The molecule has 4 rings (SSSR count). The summed E-state index contributed by atoms with van der Waals surface area (Å²) in [4.78, 5) is 32.5. The van der Waals surface area contributed by atoms with Crippen molar-refractivity contribution in [2.24, 2.45) is 5.41 Å². The van der Waals surface area contributed by atoms with Crippen LogP contribution in [0.3, 0.4) is 0 Å². The first-order valence-electron chi connectivity index (χ1n) is 10.5. The van der Waals surface area contributed by atoms with E-state index in [2.05, 4.69) is 15.3 Å². The van der Waals surface area contributed by atoms with E-state index in [1.807, 2.05) is 31.2 Å². The van der Waals surface area contributed by atoms with Gasteiger partial charge in [0.25, 0.3) is 0 Å². The fourth-order valence-electron chi connectivity index (χ4n) is 3.74. The van der Waals surface area contributed by atoms with Crippen LogP contribution in [-0.2, 0) is 16.0 Å². The lowest BCUT2D eigenvalue weighted by atomic mass is 9.73. The summed E-state index contributed by atoms with van der Waals surface area (Å²) in [6.45, 7) is 5.42. The summed E-state index contributed by atoms with van der Waals surface area (Å²) in [6.07, 6.45) is 7.21. The largest absolute Gasteiger partial charge is 0.479 e. The van der Waals surface area contributed by atoms with Crippen molar-refractivity contribution >= 4 is 22.5 Å². The smallest absolute Gasteiger partial charge is 0.329 e. The maximum atomic E-state index is 12.2. The molecule has 2 heterocycles. The zero-order chi connectivity index (χ0) is 22.9. The van der Waals surface area contributed by atoms with Crippen LogP contribution in [0.4, 0.5) is 0 Å². The van der Waals surface area contributed by atoms with Crippen LogP contribution in [-0.4, -0.2) is 32.4 Å². The van der Waals surface area contributed by atoms with E-state index in [1.165, 1.54) is 6.08 Å². The Labute approximate surface area is 186 Å². The summed E-state index contributed by atoms with van der Waals surface area (Å²) in [7, 11) is 0. The van der Waals surface area contributed by atoms with Gasteiger partial charge in [-0.25, -0.2) is 9.78 Å². The van der Waals surface area contributed by atoms with Gasteiger partial charge in [0.2, 0.25) is 5.88 Å². The molecule has 3 aromatic rings. The van der Waals surface area contributed by atoms with E-state index in [1.54, 1.807) is 44.6 Å². The summed E-state index contributed by atoms with van der Waals surface area (Å²) in [5.74, 6) is 0.0941. The summed E-state index contributed by atoms with van der Waals surface area (Å²) in [5.41, 5.74) is -0.406. The molecule has 0 radical (unpaired) electrons. The van der Waals surface area contributed by atoms with Gasteiger partial charge in [-0.2, -0.15) is 0 Å². The first kappa shape index (κ1) is 21.5. The van der Waals surface area contributed by atoms with Crippen LogP contribution in [0.5, 0.6) is 11.6 Å². The van der Waals surface area contributed by atoms with Gasteiger partial charge in [-0.15, -0.1) is 0 Å². The number of hydrogen-bond donors (Lipinski definition) is 2. The quantitative estimate of drug-likeness (QED) is 0.549. The average Bonchev–Trinajstić information content (AvgIpc) is 2.79. The van der Waals surface area contributed by atoms with E-state index in [0.29, 0.717) is 23.7 Å². The number of aromatic nitrogens is 2. The average molecular weight is 431 g/mol. The van der Waals surface area contributed by atoms with E-state index in [-0.39, 0.29) is 12.2 Å². The molecule has 2 N–H and O–H groups in total. The van der Waals surface area contributed by atoms with Gasteiger partial charge in [0, 0.05) is 36.8 Å². The van der Waals surface area contributed by atoms with E-state index in [9.17, 15) is 14.7 Å². The predicted molar refractivity (Wildman–Crippen MR) is 120 cm³/mol. The summed E-state index contributed by atoms with van der Waals surface area (Å²) in [5, 5.41) is 15.0. The van der Waals surface area contributed by atoms with E-state index >= 15 is 0 Å². The molecule has 7 heteroatoms. The van der Waals surface area contributed by atoms with Crippen LogP contribution in [0, 0.1) is 5.41 Å². The van der Waals surface area contributed by atoms with Crippen molar-refractivity contribution in [3.05, 3.63) is 72.3 Å². The number of aliphatic carboxylic acids is 1. The molecule has 1 aliphatic rings. The molecule has 1 aliphatic carbocycles. The number of benzene rings is 1. The number of nitrogens with one attached hydrogen (secondary N) is 1. The molecule has 164 valence electrons. The number of fused-ring (bicyclic) bond motifs is 1. The van der Waals surface area contributed by atoms with Crippen molar-refractivity contribution in [3.8, 4) is 11.6 Å². The van der Waals surface area contributed by atoms with Gasteiger partial charge in [0.05, 0.1) is 10.8 Å². The van der Waals surface area contributed by atoms with Crippen molar-refractivity contribution in [2.45, 2.75) is 39.2 Å². The van der Waals surface area contributed by atoms with E-state index in [4.69, 9.17) is 4.74 Å². The van der Waals surface area contributed by atoms with E-state index < -0.39 is 16.9 Å². The number of ketones is 1. The third-order valence-electron chi connectivity index (χ3n) is 6.13. The molecule has 7 nitrogen and oxygen atoms in total. The van der Waals surface area contributed by atoms with Crippen molar-refractivity contribution < 1.29 is 19.4 Å². The second-order valence-corrected chi connectivity index (χ2v) is 8.55. The SMILES string of the molecule is CC[C@@](Cc1ccc(Oc2nccc3ccncc23)cc1)(NC1=CC(=O)C1(C)C)C(=O)O. The monoisotopic (exact) mass is 431 g/mol. The number of carboxylic acid groups (broad SMARTS) is 1. The molecule has 2 aromatic heterocycles. The molecule has 0 aliphatic heterocycles. The Morgan fingerprint density at radius 2 is 1.88 bits per heavy atom. The first-order valence-corrected chi connectivity index (χ1v) is 10.5.